The lowest BCUT2D eigenvalue weighted by Crippen LogP contribution is -2.37. The molecule has 1 aromatic heterocycles. The van der Waals surface area contributed by atoms with Crippen LogP contribution in [0.1, 0.15) is 30.7 Å². The molecule has 0 aliphatic carbocycles. The summed E-state index contributed by atoms with van der Waals surface area (Å²) in [6.07, 6.45) is 1.68. The minimum atomic E-state index is -0.455. The Balaban J connectivity index is 2.09. The van der Waals surface area contributed by atoms with E-state index < -0.39 is 6.10 Å². The van der Waals surface area contributed by atoms with Gasteiger partial charge in [-0.2, -0.15) is 0 Å². The van der Waals surface area contributed by atoms with Gasteiger partial charge < -0.3 is 14.4 Å². The first-order valence-corrected chi connectivity index (χ1v) is 9.07. The number of hydrogen-bond donors (Lipinski definition) is 1. The lowest BCUT2D eigenvalue weighted by molar-refractivity contribution is 0.0326. The van der Waals surface area contributed by atoms with Crippen molar-refractivity contribution in [1.29, 1.82) is 0 Å². The van der Waals surface area contributed by atoms with Crippen LogP contribution in [0, 0.1) is 12.8 Å². The van der Waals surface area contributed by atoms with Gasteiger partial charge in [-0.3, -0.25) is 4.90 Å². The minimum absolute atomic E-state index is 0.374. The first kappa shape index (κ1) is 19.7. The van der Waals surface area contributed by atoms with Crippen molar-refractivity contribution in [3.05, 3.63) is 59.4 Å². The third-order valence-electron chi connectivity index (χ3n) is 4.36. The molecule has 1 N–H and O–H groups in total. The third-order valence-corrected chi connectivity index (χ3v) is 4.36. The second kappa shape index (κ2) is 9.76. The van der Waals surface area contributed by atoms with E-state index in [1.807, 2.05) is 0 Å². The molecule has 4 heteroatoms. The Bertz CT molecular complexity index is 636. The number of rotatable bonds is 10. The Morgan fingerprint density at radius 2 is 1.88 bits per heavy atom. The number of aryl methyl sites for hydroxylation is 1. The molecule has 0 spiro atoms. The molecule has 0 bridgehead atoms. The fourth-order valence-corrected chi connectivity index (χ4v) is 3.21. The molecule has 2 rings (SSSR count). The summed E-state index contributed by atoms with van der Waals surface area (Å²) in [5.74, 6) is 0.550. The first-order valence-electron chi connectivity index (χ1n) is 9.07. The summed E-state index contributed by atoms with van der Waals surface area (Å²) in [6.45, 7) is 10.2. The van der Waals surface area contributed by atoms with Gasteiger partial charge >= 0.3 is 0 Å². The van der Waals surface area contributed by atoms with Crippen LogP contribution in [0.25, 0.3) is 0 Å². The molecule has 0 fully saturated rings. The monoisotopic (exact) mass is 344 g/mol. The standard InChI is InChI=1S/C21H32N2O2/c1-17(2)12-22(15-21(24)16-25-4)14-20-10-7-11-23(20)13-19-9-6-5-8-18(19)3/h5-11,17,21,24H,12-16H2,1-4H3. The van der Waals surface area contributed by atoms with Crippen molar-refractivity contribution in [2.45, 2.75) is 40.0 Å². The van der Waals surface area contributed by atoms with Crippen molar-refractivity contribution in [2.75, 3.05) is 26.8 Å². The Morgan fingerprint density at radius 3 is 2.56 bits per heavy atom. The van der Waals surface area contributed by atoms with Gasteiger partial charge in [-0.1, -0.05) is 38.1 Å². The van der Waals surface area contributed by atoms with Gasteiger partial charge in [-0.05, 0) is 36.1 Å². The molecule has 1 aromatic carbocycles. The molecule has 0 radical (unpaired) electrons. The van der Waals surface area contributed by atoms with Gasteiger partial charge in [-0.25, -0.2) is 0 Å². The topological polar surface area (TPSA) is 37.6 Å². The van der Waals surface area contributed by atoms with Crippen molar-refractivity contribution >= 4 is 0 Å². The number of methoxy groups -OCH3 is 1. The van der Waals surface area contributed by atoms with Gasteiger partial charge in [-0.15, -0.1) is 0 Å². The highest BCUT2D eigenvalue weighted by molar-refractivity contribution is 5.26. The third kappa shape index (κ3) is 6.31. The van der Waals surface area contributed by atoms with E-state index in [1.165, 1.54) is 16.8 Å². The lowest BCUT2D eigenvalue weighted by atomic mass is 10.1. The Hall–Kier alpha value is -1.62. The smallest absolute Gasteiger partial charge is 0.0900 e. The molecule has 4 nitrogen and oxygen atoms in total. The van der Waals surface area contributed by atoms with E-state index >= 15 is 0 Å². The molecular weight excluding hydrogens is 312 g/mol. The summed E-state index contributed by atoms with van der Waals surface area (Å²) in [5, 5.41) is 10.1. The van der Waals surface area contributed by atoms with Gasteiger partial charge in [0.15, 0.2) is 0 Å². The van der Waals surface area contributed by atoms with Crippen molar-refractivity contribution in [3.8, 4) is 0 Å². The number of aliphatic hydroxyl groups excluding tert-OH is 1. The highest BCUT2D eigenvalue weighted by Crippen LogP contribution is 2.14. The normalized spacial score (nSPS) is 12.9. The Kier molecular flexibility index (Phi) is 7.69. The Labute approximate surface area is 152 Å². The molecule has 0 amide bonds. The van der Waals surface area contributed by atoms with E-state index in [0.717, 1.165) is 19.6 Å². The van der Waals surface area contributed by atoms with Crippen LogP contribution in [0.3, 0.4) is 0 Å². The van der Waals surface area contributed by atoms with Gasteiger partial charge in [0.25, 0.3) is 0 Å². The maximum atomic E-state index is 10.1. The predicted octanol–water partition coefficient (Wildman–Crippen LogP) is 3.31. The molecule has 1 unspecified atom stereocenters. The molecule has 1 atom stereocenters. The average molecular weight is 344 g/mol. The second-order valence-electron chi connectivity index (χ2n) is 7.25. The number of ether oxygens (including phenoxy) is 1. The molecule has 0 saturated carbocycles. The number of aliphatic hydroxyl groups is 1. The van der Waals surface area contributed by atoms with E-state index in [9.17, 15) is 5.11 Å². The van der Waals surface area contributed by atoms with Crippen LogP contribution in [0.2, 0.25) is 0 Å². The van der Waals surface area contributed by atoms with Crippen molar-refractivity contribution < 1.29 is 9.84 Å². The maximum absolute atomic E-state index is 10.1. The fraction of sp³-hybridized carbons (Fsp3) is 0.524. The van der Waals surface area contributed by atoms with Crippen molar-refractivity contribution in [1.82, 2.24) is 9.47 Å². The van der Waals surface area contributed by atoms with E-state index in [2.05, 4.69) is 72.8 Å². The zero-order valence-corrected chi connectivity index (χ0v) is 16.0. The second-order valence-corrected chi connectivity index (χ2v) is 7.25. The summed E-state index contributed by atoms with van der Waals surface area (Å²) >= 11 is 0. The van der Waals surface area contributed by atoms with Crippen molar-refractivity contribution in [2.24, 2.45) is 5.92 Å². The zero-order chi connectivity index (χ0) is 18.2. The van der Waals surface area contributed by atoms with Gasteiger partial charge in [0.1, 0.15) is 0 Å². The maximum Gasteiger partial charge on any atom is 0.0900 e. The number of hydrogen-bond acceptors (Lipinski definition) is 3. The first-order chi connectivity index (χ1) is 12.0. The molecular formula is C21H32N2O2. The number of aromatic nitrogens is 1. The summed E-state index contributed by atoms with van der Waals surface area (Å²) in [5.41, 5.74) is 3.93. The number of benzene rings is 1. The summed E-state index contributed by atoms with van der Waals surface area (Å²) in [4.78, 5) is 2.32. The van der Waals surface area contributed by atoms with Crippen LogP contribution in [0.4, 0.5) is 0 Å². The van der Waals surface area contributed by atoms with E-state index in [0.29, 0.717) is 19.1 Å². The molecule has 138 valence electrons. The summed E-state index contributed by atoms with van der Waals surface area (Å²) in [6, 6.07) is 12.8. The zero-order valence-electron chi connectivity index (χ0n) is 16.0. The van der Waals surface area contributed by atoms with Crippen LogP contribution >= 0.6 is 0 Å². The highest BCUT2D eigenvalue weighted by Gasteiger charge is 2.15. The molecule has 0 aliphatic rings. The van der Waals surface area contributed by atoms with Gasteiger partial charge in [0.2, 0.25) is 0 Å². The highest BCUT2D eigenvalue weighted by atomic mass is 16.5. The van der Waals surface area contributed by atoms with Crippen LogP contribution in [0.15, 0.2) is 42.6 Å². The SMILES string of the molecule is COCC(O)CN(Cc1cccn1Cc1ccccc1C)CC(C)C. The fourth-order valence-electron chi connectivity index (χ4n) is 3.21. The van der Waals surface area contributed by atoms with Gasteiger partial charge in [0, 0.05) is 45.2 Å². The van der Waals surface area contributed by atoms with Crippen molar-refractivity contribution in [3.63, 3.8) is 0 Å². The van der Waals surface area contributed by atoms with Crippen LogP contribution in [-0.2, 0) is 17.8 Å². The molecule has 1 heterocycles. The quantitative estimate of drug-likeness (QED) is 0.718. The van der Waals surface area contributed by atoms with E-state index in [1.54, 1.807) is 7.11 Å². The largest absolute Gasteiger partial charge is 0.389 e. The molecule has 0 saturated heterocycles. The molecule has 0 aliphatic heterocycles. The Morgan fingerprint density at radius 1 is 1.12 bits per heavy atom. The average Bonchev–Trinajstić information content (AvgIpc) is 2.96. The van der Waals surface area contributed by atoms with Crippen LogP contribution in [0.5, 0.6) is 0 Å². The van der Waals surface area contributed by atoms with E-state index in [-0.39, 0.29) is 0 Å². The van der Waals surface area contributed by atoms with Crippen LogP contribution < -0.4 is 0 Å². The number of nitrogens with zero attached hydrogens (tertiary/aromatic N) is 2. The summed E-state index contributed by atoms with van der Waals surface area (Å²) in [7, 11) is 1.63. The minimum Gasteiger partial charge on any atom is -0.389 e. The summed E-state index contributed by atoms with van der Waals surface area (Å²) < 4.78 is 7.38. The molecule has 25 heavy (non-hydrogen) atoms. The predicted molar refractivity (Wildman–Crippen MR) is 103 cm³/mol. The van der Waals surface area contributed by atoms with E-state index in [4.69, 9.17) is 4.74 Å². The van der Waals surface area contributed by atoms with Gasteiger partial charge in [0.05, 0.1) is 12.7 Å². The van der Waals surface area contributed by atoms with Crippen LogP contribution in [-0.4, -0.2) is 47.5 Å². The lowest BCUT2D eigenvalue weighted by Gasteiger charge is -2.27. The molecule has 2 aromatic rings.